The van der Waals surface area contributed by atoms with Gasteiger partial charge in [-0.3, -0.25) is 9.58 Å². The molecule has 1 atom stereocenters. The van der Waals surface area contributed by atoms with E-state index in [2.05, 4.69) is 5.10 Å². The second-order valence-corrected chi connectivity index (χ2v) is 9.58. The Morgan fingerprint density at radius 2 is 1.74 bits per heavy atom. The molecule has 27 heavy (non-hydrogen) atoms. The van der Waals surface area contributed by atoms with Gasteiger partial charge in [0.05, 0.1) is 17.9 Å². The fourth-order valence-electron chi connectivity index (χ4n) is 4.13. The lowest BCUT2D eigenvalue weighted by Gasteiger charge is -2.26. The van der Waals surface area contributed by atoms with Crippen LogP contribution in [-0.2, 0) is 10.2 Å². The Balaban J connectivity index is 1.43. The second-order valence-electron chi connectivity index (χ2n) is 7.66. The smallest absolute Gasteiger partial charge is 0.324 e. The SMILES string of the molecule is CN1CCN(c2cnn(C3CCN(S(=O)(=O)N4CCCCCC4)C3)c2)C1=O. The van der Waals surface area contributed by atoms with E-state index >= 15 is 0 Å². The molecule has 3 aliphatic heterocycles. The van der Waals surface area contributed by atoms with Crippen molar-refractivity contribution in [2.75, 3.05) is 51.2 Å². The van der Waals surface area contributed by atoms with Gasteiger partial charge in [-0.15, -0.1) is 0 Å². The van der Waals surface area contributed by atoms with Crippen molar-refractivity contribution in [2.24, 2.45) is 0 Å². The summed E-state index contributed by atoms with van der Waals surface area (Å²) in [5.41, 5.74) is 0.776. The number of carbonyl (C=O) groups is 1. The van der Waals surface area contributed by atoms with Gasteiger partial charge in [0.15, 0.2) is 0 Å². The Hall–Kier alpha value is -1.65. The number of hydrogen-bond acceptors (Lipinski definition) is 4. The van der Waals surface area contributed by atoms with E-state index in [0.717, 1.165) is 37.8 Å². The van der Waals surface area contributed by atoms with Crippen molar-refractivity contribution in [2.45, 2.75) is 38.1 Å². The van der Waals surface area contributed by atoms with Crippen molar-refractivity contribution in [3.63, 3.8) is 0 Å². The molecule has 0 spiro atoms. The second kappa shape index (κ2) is 7.40. The van der Waals surface area contributed by atoms with Crippen LogP contribution in [0.3, 0.4) is 0 Å². The minimum Gasteiger partial charge on any atom is -0.326 e. The normalized spacial score (nSPS) is 26.1. The molecule has 0 aromatic carbocycles. The van der Waals surface area contributed by atoms with Crippen LogP contribution in [0, 0.1) is 0 Å². The van der Waals surface area contributed by atoms with Gasteiger partial charge in [-0.05, 0) is 19.3 Å². The minimum absolute atomic E-state index is 0.0101. The number of amides is 2. The van der Waals surface area contributed by atoms with E-state index < -0.39 is 10.2 Å². The number of likely N-dealkylation sites (N-methyl/N-ethyl adjacent to an activating group) is 1. The molecular formula is C17H28N6O3S. The summed E-state index contributed by atoms with van der Waals surface area (Å²) in [7, 11) is -1.61. The first-order valence-corrected chi connectivity index (χ1v) is 11.2. The summed E-state index contributed by atoms with van der Waals surface area (Å²) in [6, 6.07) is -0.0118. The third kappa shape index (κ3) is 3.57. The zero-order chi connectivity index (χ0) is 19.0. The number of urea groups is 1. The van der Waals surface area contributed by atoms with Crippen LogP contribution in [0.25, 0.3) is 0 Å². The van der Waals surface area contributed by atoms with Crippen molar-refractivity contribution in [3.8, 4) is 0 Å². The van der Waals surface area contributed by atoms with Gasteiger partial charge >= 0.3 is 6.03 Å². The highest BCUT2D eigenvalue weighted by atomic mass is 32.2. The van der Waals surface area contributed by atoms with E-state index in [0.29, 0.717) is 39.3 Å². The Morgan fingerprint density at radius 3 is 2.41 bits per heavy atom. The number of anilines is 1. The summed E-state index contributed by atoms with van der Waals surface area (Å²) in [6.45, 7) is 3.56. The molecule has 10 heteroatoms. The third-order valence-electron chi connectivity index (χ3n) is 5.83. The molecule has 3 fully saturated rings. The first-order valence-electron chi connectivity index (χ1n) is 9.79. The van der Waals surface area contributed by atoms with Gasteiger partial charge in [0, 0.05) is 52.5 Å². The van der Waals surface area contributed by atoms with Gasteiger partial charge in [0.2, 0.25) is 0 Å². The van der Waals surface area contributed by atoms with E-state index in [1.54, 1.807) is 31.7 Å². The molecule has 0 bridgehead atoms. The van der Waals surface area contributed by atoms with E-state index in [9.17, 15) is 13.2 Å². The van der Waals surface area contributed by atoms with E-state index in [1.807, 2.05) is 10.9 Å². The zero-order valence-electron chi connectivity index (χ0n) is 15.8. The largest absolute Gasteiger partial charge is 0.326 e. The molecule has 0 radical (unpaired) electrons. The van der Waals surface area contributed by atoms with Gasteiger partial charge in [0.25, 0.3) is 10.2 Å². The van der Waals surface area contributed by atoms with Gasteiger partial charge in [-0.2, -0.15) is 22.1 Å². The molecule has 3 saturated heterocycles. The summed E-state index contributed by atoms with van der Waals surface area (Å²) in [4.78, 5) is 15.5. The highest BCUT2D eigenvalue weighted by Gasteiger charge is 2.37. The molecule has 9 nitrogen and oxygen atoms in total. The van der Waals surface area contributed by atoms with Crippen molar-refractivity contribution in [1.29, 1.82) is 0 Å². The number of carbonyl (C=O) groups excluding carboxylic acids is 1. The highest BCUT2D eigenvalue weighted by Crippen LogP contribution is 2.28. The Kier molecular flexibility index (Phi) is 5.13. The van der Waals surface area contributed by atoms with Crippen LogP contribution in [0.5, 0.6) is 0 Å². The van der Waals surface area contributed by atoms with Gasteiger partial charge < -0.3 is 4.90 Å². The summed E-state index contributed by atoms with van der Waals surface area (Å²) < 4.78 is 31.0. The van der Waals surface area contributed by atoms with Gasteiger partial charge in [-0.25, -0.2) is 4.79 Å². The first kappa shape index (κ1) is 18.7. The summed E-state index contributed by atoms with van der Waals surface area (Å²) in [5.74, 6) is 0. The van der Waals surface area contributed by atoms with E-state index in [4.69, 9.17) is 0 Å². The zero-order valence-corrected chi connectivity index (χ0v) is 16.6. The molecule has 0 aliphatic carbocycles. The number of rotatable bonds is 4. The van der Waals surface area contributed by atoms with Gasteiger partial charge in [0.1, 0.15) is 0 Å². The maximum Gasteiger partial charge on any atom is 0.324 e. The van der Waals surface area contributed by atoms with Crippen LogP contribution < -0.4 is 4.90 Å². The van der Waals surface area contributed by atoms with Crippen LogP contribution in [-0.4, -0.2) is 84.1 Å². The quantitative estimate of drug-likeness (QED) is 0.764. The van der Waals surface area contributed by atoms with Crippen LogP contribution >= 0.6 is 0 Å². The van der Waals surface area contributed by atoms with E-state index in [-0.39, 0.29) is 12.1 Å². The Bertz CT molecular complexity index is 786. The molecule has 4 rings (SSSR count). The van der Waals surface area contributed by atoms with Crippen LogP contribution in [0.1, 0.15) is 38.1 Å². The lowest BCUT2D eigenvalue weighted by atomic mass is 10.2. The fourth-order valence-corrected chi connectivity index (χ4v) is 5.87. The van der Waals surface area contributed by atoms with Gasteiger partial charge in [-0.1, -0.05) is 12.8 Å². The van der Waals surface area contributed by atoms with Crippen molar-refractivity contribution in [3.05, 3.63) is 12.4 Å². The Labute approximate surface area is 160 Å². The average molecular weight is 397 g/mol. The maximum atomic E-state index is 13.0. The minimum atomic E-state index is -3.40. The maximum absolute atomic E-state index is 13.0. The molecule has 2 amide bonds. The molecule has 3 aliphatic rings. The molecular weight excluding hydrogens is 368 g/mol. The summed E-state index contributed by atoms with van der Waals surface area (Å²) in [6.07, 6.45) is 8.40. The van der Waals surface area contributed by atoms with Crippen LogP contribution in [0.4, 0.5) is 10.5 Å². The predicted octanol–water partition coefficient (Wildman–Crippen LogP) is 1.12. The monoisotopic (exact) mass is 396 g/mol. The summed E-state index contributed by atoms with van der Waals surface area (Å²) in [5, 5.41) is 4.42. The van der Waals surface area contributed by atoms with Crippen LogP contribution in [0.2, 0.25) is 0 Å². The number of nitrogens with zero attached hydrogens (tertiary/aromatic N) is 6. The molecule has 1 unspecified atom stereocenters. The molecule has 4 heterocycles. The predicted molar refractivity (Wildman–Crippen MR) is 102 cm³/mol. The van der Waals surface area contributed by atoms with E-state index in [1.165, 1.54) is 0 Å². The fraction of sp³-hybridized carbons (Fsp3) is 0.765. The molecule has 0 N–H and O–H groups in total. The molecule has 1 aromatic rings. The lowest BCUT2D eigenvalue weighted by Crippen LogP contribution is -2.43. The third-order valence-corrected chi connectivity index (χ3v) is 7.84. The molecule has 150 valence electrons. The summed E-state index contributed by atoms with van der Waals surface area (Å²) >= 11 is 0. The van der Waals surface area contributed by atoms with Crippen molar-refractivity contribution >= 4 is 21.9 Å². The van der Waals surface area contributed by atoms with Crippen LogP contribution in [0.15, 0.2) is 12.4 Å². The number of aromatic nitrogens is 2. The van der Waals surface area contributed by atoms with Crippen molar-refractivity contribution in [1.82, 2.24) is 23.3 Å². The molecule has 0 saturated carbocycles. The van der Waals surface area contributed by atoms with Crippen molar-refractivity contribution < 1.29 is 13.2 Å². The molecule has 1 aromatic heterocycles. The Morgan fingerprint density at radius 1 is 1.00 bits per heavy atom. The standard InChI is InChI=1S/C17H28N6O3S/c1-19-10-11-22(17(19)24)16-12-18-23(14-16)15-6-9-21(13-15)27(25,26)20-7-4-2-3-5-8-20/h12,14-15H,2-11,13H2,1H3. The first-order chi connectivity index (χ1) is 13.0. The topological polar surface area (TPSA) is 82.0 Å². The lowest BCUT2D eigenvalue weighted by molar-refractivity contribution is 0.229. The number of hydrogen-bond donors (Lipinski definition) is 0. The average Bonchev–Trinajstić information content (AvgIpc) is 3.32. The highest BCUT2D eigenvalue weighted by molar-refractivity contribution is 7.86.